The third kappa shape index (κ3) is 3.93. The minimum Gasteiger partial charge on any atom is -0.380 e. The third-order valence-corrected chi connectivity index (χ3v) is 4.00. The maximum Gasteiger partial charge on any atom is 0.255 e. The summed E-state index contributed by atoms with van der Waals surface area (Å²) in [4.78, 5) is 14.8. The summed E-state index contributed by atoms with van der Waals surface area (Å²) >= 11 is 0. The molecular weight excluding hydrogens is 304 g/mol. The normalized spacial score (nSPS) is 14.5. The van der Waals surface area contributed by atoms with E-state index in [0.29, 0.717) is 25.4 Å². The Bertz CT molecular complexity index is 697. The van der Waals surface area contributed by atoms with Crippen molar-refractivity contribution in [1.29, 1.82) is 0 Å². The molecule has 2 aromatic carbocycles. The van der Waals surface area contributed by atoms with Crippen LogP contribution >= 0.6 is 0 Å². The van der Waals surface area contributed by atoms with Crippen molar-refractivity contribution >= 4 is 17.3 Å². The largest absolute Gasteiger partial charge is 0.380 e. The molecule has 1 saturated heterocycles. The van der Waals surface area contributed by atoms with Crippen LogP contribution in [0.4, 0.5) is 11.4 Å². The molecule has 1 fully saturated rings. The van der Waals surface area contributed by atoms with E-state index in [0.717, 1.165) is 30.0 Å². The molecule has 0 unspecified atom stereocenters. The zero-order valence-electron chi connectivity index (χ0n) is 13.8. The zero-order valence-corrected chi connectivity index (χ0v) is 13.8. The number of benzene rings is 2. The Morgan fingerprint density at radius 3 is 2.75 bits per heavy atom. The fourth-order valence-corrected chi connectivity index (χ4v) is 2.82. The van der Waals surface area contributed by atoms with Gasteiger partial charge in [-0.3, -0.25) is 4.79 Å². The number of anilines is 2. The number of ether oxygens (including phenoxy) is 2. The summed E-state index contributed by atoms with van der Waals surface area (Å²) in [5, 5.41) is 3.03. The Labute approximate surface area is 142 Å². The molecule has 0 spiro atoms. The molecule has 1 N–H and O–H groups in total. The Kier molecular flexibility index (Phi) is 5.46. The van der Waals surface area contributed by atoms with Gasteiger partial charge >= 0.3 is 0 Å². The van der Waals surface area contributed by atoms with Crippen molar-refractivity contribution < 1.29 is 14.3 Å². The van der Waals surface area contributed by atoms with Crippen LogP contribution in [-0.4, -0.2) is 39.3 Å². The Morgan fingerprint density at radius 2 is 1.96 bits per heavy atom. The van der Waals surface area contributed by atoms with Gasteiger partial charge in [0.1, 0.15) is 0 Å². The van der Waals surface area contributed by atoms with Crippen molar-refractivity contribution in [3.05, 3.63) is 59.7 Å². The fraction of sp³-hybridized carbons (Fsp3) is 0.316. The Morgan fingerprint density at radius 1 is 1.17 bits per heavy atom. The molecule has 1 heterocycles. The third-order valence-electron chi connectivity index (χ3n) is 4.00. The average Bonchev–Trinajstić information content (AvgIpc) is 2.63. The van der Waals surface area contributed by atoms with Crippen molar-refractivity contribution in [2.24, 2.45) is 0 Å². The van der Waals surface area contributed by atoms with E-state index in [1.165, 1.54) is 0 Å². The van der Waals surface area contributed by atoms with Gasteiger partial charge in [0.15, 0.2) is 0 Å². The van der Waals surface area contributed by atoms with E-state index < -0.39 is 0 Å². The summed E-state index contributed by atoms with van der Waals surface area (Å²) in [5.74, 6) is -0.117. The fourth-order valence-electron chi connectivity index (χ4n) is 2.82. The molecule has 0 bridgehead atoms. The smallest absolute Gasteiger partial charge is 0.255 e. The predicted molar refractivity (Wildman–Crippen MR) is 94.6 cm³/mol. The molecule has 1 aliphatic rings. The van der Waals surface area contributed by atoms with E-state index in [1.807, 2.05) is 48.5 Å². The molecule has 5 heteroatoms. The van der Waals surface area contributed by atoms with Crippen LogP contribution in [0, 0.1) is 0 Å². The number of nitrogens with one attached hydrogen (secondary N) is 1. The lowest BCUT2D eigenvalue weighted by atomic mass is 10.1. The van der Waals surface area contributed by atoms with Crippen molar-refractivity contribution in [3.63, 3.8) is 0 Å². The highest BCUT2D eigenvalue weighted by atomic mass is 16.5. The minimum atomic E-state index is -0.117. The van der Waals surface area contributed by atoms with Gasteiger partial charge in [-0.1, -0.05) is 24.3 Å². The van der Waals surface area contributed by atoms with Crippen LogP contribution in [0.15, 0.2) is 48.5 Å². The molecule has 3 rings (SSSR count). The maximum atomic E-state index is 12.6. The standard InChI is InChI=1S/C19H22N2O3/c1-23-14-15-5-4-6-16(13-15)19(22)20-17-7-2-3-8-18(17)21-9-11-24-12-10-21/h2-8,13H,9-12,14H2,1H3,(H,20,22). The van der Waals surface area contributed by atoms with Crippen LogP contribution in [0.1, 0.15) is 15.9 Å². The van der Waals surface area contributed by atoms with Crippen LogP contribution in [-0.2, 0) is 16.1 Å². The highest BCUT2D eigenvalue weighted by Gasteiger charge is 2.16. The van der Waals surface area contributed by atoms with Gasteiger partial charge in [-0.05, 0) is 29.8 Å². The van der Waals surface area contributed by atoms with Crippen molar-refractivity contribution in [2.75, 3.05) is 43.6 Å². The number of nitrogens with zero attached hydrogens (tertiary/aromatic N) is 1. The first-order chi connectivity index (χ1) is 11.8. The minimum absolute atomic E-state index is 0.117. The molecule has 0 aliphatic carbocycles. The number of methoxy groups -OCH3 is 1. The average molecular weight is 326 g/mol. The number of para-hydroxylation sites is 2. The van der Waals surface area contributed by atoms with E-state index in [9.17, 15) is 4.79 Å². The van der Waals surface area contributed by atoms with Gasteiger partial charge in [0, 0.05) is 25.8 Å². The number of carbonyl (C=O) groups is 1. The monoisotopic (exact) mass is 326 g/mol. The van der Waals surface area contributed by atoms with Crippen LogP contribution in [0.3, 0.4) is 0 Å². The topological polar surface area (TPSA) is 50.8 Å². The van der Waals surface area contributed by atoms with Crippen molar-refractivity contribution in [1.82, 2.24) is 0 Å². The highest BCUT2D eigenvalue weighted by Crippen LogP contribution is 2.26. The summed E-state index contributed by atoms with van der Waals surface area (Å²) in [5.41, 5.74) is 3.46. The second-order valence-corrected chi connectivity index (χ2v) is 5.70. The van der Waals surface area contributed by atoms with Gasteiger partial charge < -0.3 is 19.7 Å². The van der Waals surface area contributed by atoms with E-state index in [-0.39, 0.29) is 5.91 Å². The number of carbonyl (C=O) groups excluding carboxylic acids is 1. The zero-order chi connectivity index (χ0) is 16.8. The maximum absolute atomic E-state index is 12.6. The first-order valence-corrected chi connectivity index (χ1v) is 8.09. The van der Waals surface area contributed by atoms with Crippen LogP contribution in [0.25, 0.3) is 0 Å². The molecule has 0 saturated carbocycles. The number of hydrogen-bond acceptors (Lipinski definition) is 4. The molecule has 0 atom stereocenters. The molecular formula is C19H22N2O3. The van der Waals surface area contributed by atoms with Gasteiger partial charge in [-0.25, -0.2) is 0 Å². The lowest BCUT2D eigenvalue weighted by molar-refractivity contribution is 0.102. The SMILES string of the molecule is COCc1cccc(C(=O)Nc2ccccc2N2CCOCC2)c1. The summed E-state index contributed by atoms with van der Waals surface area (Å²) in [7, 11) is 1.64. The second-order valence-electron chi connectivity index (χ2n) is 5.70. The highest BCUT2D eigenvalue weighted by molar-refractivity contribution is 6.06. The number of hydrogen-bond donors (Lipinski definition) is 1. The van der Waals surface area contributed by atoms with E-state index in [4.69, 9.17) is 9.47 Å². The van der Waals surface area contributed by atoms with E-state index in [1.54, 1.807) is 7.11 Å². The molecule has 0 radical (unpaired) electrons. The quantitative estimate of drug-likeness (QED) is 0.918. The summed E-state index contributed by atoms with van der Waals surface area (Å²) in [6.07, 6.45) is 0. The summed E-state index contributed by atoms with van der Waals surface area (Å²) < 4.78 is 10.5. The molecule has 126 valence electrons. The number of morpholine rings is 1. The van der Waals surface area contributed by atoms with Gasteiger partial charge in [0.2, 0.25) is 0 Å². The Balaban J connectivity index is 1.78. The molecule has 1 amide bonds. The molecule has 24 heavy (non-hydrogen) atoms. The summed E-state index contributed by atoms with van der Waals surface area (Å²) in [6, 6.07) is 15.4. The first-order valence-electron chi connectivity index (χ1n) is 8.09. The van der Waals surface area contributed by atoms with Gasteiger partial charge in [-0.2, -0.15) is 0 Å². The molecule has 1 aliphatic heterocycles. The number of rotatable bonds is 5. The van der Waals surface area contributed by atoms with Gasteiger partial charge in [0.25, 0.3) is 5.91 Å². The van der Waals surface area contributed by atoms with Gasteiger partial charge in [0.05, 0.1) is 31.2 Å². The van der Waals surface area contributed by atoms with E-state index in [2.05, 4.69) is 10.2 Å². The molecule has 2 aromatic rings. The Hall–Kier alpha value is -2.37. The van der Waals surface area contributed by atoms with Crippen molar-refractivity contribution in [2.45, 2.75) is 6.61 Å². The van der Waals surface area contributed by atoms with Crippen LogP contribution < -0.4 is 10.2 Å². The van der Waals surface area contributed by atoms with Gasteiger partial charge in [-0.15, -0.1) is 0 Å². The lowest BCUT2D eigenvalue weighted by Gasteiger charge is -2.30. The predicted octanol–water partition coefficient (Wildman–Crippen LogP) is 2.92. The van der Waals surface area contributed by atoms with Crippen LogP contribution in [0.2, 0.25) is 0 Å². The lowest BCUT2D eigenvalue weighted by Crippen LogP contribution is -2.36. The summed E-state index contributed by atoms with van der Waals surface area (Å²) in [6.45, 7) is 3.57. The second kappa shape index (κ2) is 7.95. The van der Waals surface area contributed by atoms with Crippen LogP contribution in [0.5, 0.6) is 0 Å². The number of amides is 1. The molecule has 5 nitrogen and oxygen atoms in total. The van der Waals surface area contributed by atoms with Crippen molar-refractivity contribution in [3.8, 4) is 0 Å². The first kappa shape index (κ1) is 16.5. The van der Waals surface area contributed by atoms with E-state index >= 15 is 0 Å². The molecule has 0 aromatic heterocycles.